The highest BCUT2D eigenvalue weighted by molar-refractivity contribution is 6.00. The number of anilines is 1. The molecular weight excluding hydrogens is 180 g/mol. The van der Waals surface area contributed by atoms with E-state index in [1.165, 1.54) is 0 Å². The molecule has 2 aromatic rings. The van der Waals surface area contributed by atoms with Crippen molar-refractivity contribution in [1.29, 1.82) is 0 Å². The lowest BCUT2D eigenvalue weighted by molar-refractivity contribution is 0.997. The van der Waals surface area contributed by atoms with Crippen LogP contribution in [-0.4, -0.2) is 10.2 Å². The molecule has 1 aromatic carbocycles. The Labute approximate surface area is 79.9 Å². The van der Waals surface area contributed by atoms with E-state index in [0.29, 0.717) is 11.1 Å². The number of aryl methyl sites for hydroxylation is 1. The summed E-state index contributed by atoms with van der Waals surface area (Å²) in [6.45, 7) is 1.81. The predicted octanol–water partition coefficient (Wildman–Crippen LogP) is 1.92. The number of hydrogen-bond donors (Lipinski definition) is 1. The van der Waals surface area contributed by atoms with Crippen molar-refractivity contribution in [2.45, 2.75) is 6.92 Å². The third-order valence-corrected chi connectivity index (χ3v) is 2.09. The third kappa shape index (κ3) is 1.10. The van der Waals surface area contributed by atoms with E-state index in [1.54, 1.807) is 12.1 Å². The molecule has 2 N–H and O–H groups in total. The van der Waals surface area contributed by atoms with Gasteiger partial charge in [-0.1, -0.05) is 12.1 Å². The normalized spacial score (nSPS) is 10.4. The van der Waals surface area contributed by atoms with Crippen LogP contribution < -0.4 is 5.73 Å². The van der Waals surface area contributed by atoms with Crippen LogP contribution in [0.5, 0.6) is 0 Å². The minimum absolute atomic E-state index is 0.0451. The largest absolute Gasteiger partial charge is 0.398 e. The maximum atomic E-state index is 10.5. The Hall–Kier alpha value is -2.04. The Morgan fingerprint density at radius 2 is 2.14 bits per heavy atom. The van der Waals surface area contributed by atoms with Crippen LogP contribution in [0.4, 0.5) is 11.5 Å². The Balaban J connectivity index is 2.99. The van der Waals surface area contributed by atoms with Crippen LogP contribution >= 0.6 is 0 Å². The van der Waals surface area contributed by atoms with Crippen molar-refractivity contribution in [2.24, 2.45) is 5.18 Å². The lowest BCUT2D eigenvalue weighted by Crippen LogP contribution is -1.93. The van der Waals surface area contributed by atoms with Gasteiger partial charge in [0.1, 0.15) is 0 Å². The maximum Gasteiger partial charge on any atom is 0.227 e. The van der Waals surface area contributed by atoms with E-state index >= 15 is 0 Å². The van der Waals surface area contributed by atoms with Crippen molar-refractivity contribution < 1.29 is 0 Å². The van der Waals surface area contributed by atoms with Gasteiger partial charge < -0.3 is 5.73 Å². The van der Waals surface area contributed by atoms with Crippen LogP contribution in [-0.2, 0) is 0 Å². The van der Waals surface area contributed by atoms with Crippen LogP contribution in [0.25, 0.3) is 10.8 Å². The van der Waals surface area contributed by atoms with Gasteiger partial charge in [-0.2, -0.15) is 5.10 Å². The molecule has 5 heteroatoms. The van der Waals surface area contributed by atoms with Crippen LogP contribution in [0.1, 0.15) is 5.69 Å². The number of nitrogen functional groups attached to an aromatic ring is 1. The number of nitrogens with zero attached hydrogens (tertiary/aromatic N) is 3. The number of hydrogen-bond acceptors (Lipinski definition) is 5. The average molecular weight is 188 g/mol. The van der Waals surface area contributed by atoms with Crippen LogP contribution in [0.3, 0.4) is 0 Å². The van der Waals surface area contributed by atoms with Gasteiger partial charge in [-0.05, 0) is 18.2 Å². The molecule has 0 unspecified atom stereocenters. The number of aromatic nitrogens is 2. The molecule has 0 bridgehead atoms. The van der Waals surface area contributed by atoms with Gasteiger partial charge in [0.2, 0.25) is 5.82 Å². The van der Waals surface area contributed by atoms with E-state index in [0.717, 1.165) is 11.1 Å². The second kappa shape index (κ2) is 3.02. The van der Waals surface area contributed by atoms with Crippen LogP contribution in [0.15, 0.2) is 23.4 Å². The standard InChI is InChI=1S/C9H8N4O/c1-5-6-3-2-4-7(10)8(6)9(13-14)12-11-5/h2-4H,10H2,1H3. The highest BCUT2D eigenvalue weighted by Gasteiger charge is 2.09. The minimum atomic E-state index is 0.0451. The molecule has 2 rings (SSSR count). The summed E-state index contributed by atoms with van der Waals surface area (Å²) in [5.41, 5.74) is 6.97. The minimum Gasteiger partial charge on any atom is -0.398 e. The molecule has 5 nitrogen and oxygen atoms in total. The first-order valence-corrected chi connectivity index (χ1v) is 4.09. The zero-order chi connectivity index (χ0) is 10.1. The first kappa shape index (κ1) is 8.55. The van der Waals surface area contributed by atoms with Gasteiger partial charge in [0.15, 0.2) is 0 Å². The predicted molar refractivity (Wildman–Crippen MR) is 54.1 cm³/mol. The van der Waals surface area contributed by atoms with Crippen molar-refractivity contribution >= 4 is 22.3 Å². The molecule has 0 aliphatic rings. The van der Waals surface area contributed by atoms with Gasteiger partial charge in [0.25, 0.3) is 0 Å². The molecule has 0 radical (unpaired) electrons. The van der Waals surface area contributed by atoms with Gasteiger partial charge in [-0.25, -0.2) is 0 Å². The van der Waals surface area contributed by atoms with Gasteiger partial charge in [0, 0.05) is 11.1 Å². The average Bonchev–Trinajstić information content (AvgIpc) is 2.20. The molecule has 0 saturated heterocycles. The fraction of sp³-hybridized carbons (Fsp3) is 0.111. The number of fused-ring (bicyclic) bond motifs is 1. The molecule has 0 amide bonds. The molecular formula is C9H8N4O. The van der Waals surface area contributed by atoms with Crippen molar-refractivity contribution in [3.63, 3.8) is 0 Å². The SMILES string of the molecule is Cc1nnc(N=O)c2c(N)cccc12. The van der Waals surface area contributed by atoms with Gasteiger partial charge in [-0.15, -0.1) is 10.0 Å². The third-order valence-electron chi connectivity index (χ3n) is 2.09. The molecule has 0 atom stereocenters. The lowest BCUT2D eigenvalue weighted by atomic mass is 10.1. The summed E-state index contributed by atoms with van der Waals surface area (Å²) < 4.78 is 0. The molecule has 0 saturated carbocycles. The molecule has 1 heterocycles. The number of benzene rings is 1. The monoisotopic (exact) mass is 188 g/mol. The summed E-state index contributed by atoms with van der Waals surface area (Å²) in [6.07, 6.45) is 0. The van der Waals surface area contributed by atoms with Crippen LogP contribution in [0, 0.1) is 11.8 Å². The zero-order valence-electron chi connectivity index (χ0n) is 7.56. The summed E-state index contributed by atoms with van der Waals surface area (Å²) >= 11 is 0. The molecule has 14 heavy (non-hydrogen) atoms. The Bertz CT molecular complexity index is 509. The summed E-state index contributed by atoms with van der Waals surface area (Å²) in [5.74, 6) is 0.0451. The number of nitroso groups, excluding NO2 is 1. The van der Waals surface area contributed by atoms with E-state index in [-0.39, 0.29) is 5.82 Å². The second-order valence-electron chi connectivity index (χ2n) is 2.97. The number of rotatable bonds is 1. The van der Waals surface area contributed by atoms with Crippen molar-refractivity contribution in [3.8, 4) is 0 Å². The maximum absolute atomic E-state index is 10.5. The highest BCUT2D eigenvalue weighted by atomic mass is 16.3. The Morgan fingerprint density at radius 1 is 1.36 bits per heavy atom. The quantitative estimate of drug-likeness (QED) is 0.547. The van der Waals surface area contributed by atoms with Gasteiger partial charge in [-0.3, -0.25) is 0 Å². The summed E-state index contributed by atoms with van der Waals surface area (Å²) in [4.78, 5) is 10.5. The van der Waals surface area contributed by atoms with Gasteiger partial charge in [0.05, 0.1) is 11.1 Å². The van der Waals surface area contributed by atoms with Crippen LogP contribution in [0.2, 0.25) is 0 Å². The molecule has 0 fully saturated rings. The first-order valence-electron chi connectivity index (χ1n) is 4.09. The summed E-state index contributed by atoms with van der Waals surface area (Å²) in [6, 6.07) is 5.35. The molecule has 0 aliphatic heterocycles. The zero-order valence-corrected chi connectivity index (χ0v) is 7.56. The van der Waals surface area contributed by atoms with Crippen molar-refractivity contribution in [2.75, 3.05) is 5.73 Å². The van der Waals surface area contributed by atoms with Crippen molar-refractivity contribution in [3.05, 3.63) is 28.8 Å². The smallest absolute Gasteiger partial charge is 0.227 e. The second-order valence-corrected chi connectivity index (χ2v) is 2.97. The fourth-order valence-electron chi connectivity index (χ4n) is 1.41. The molecule has 1 aromatic heterocycles. The van der Waals surface area contributed by atoms with Gasteiger partial charge >= 0.3 is 0 Å². The lowest BCUT2D eigenvalue weighted by Gasteiger charge is -2.03. The van der Waals surface area contributed by atoms with E-state index < -0.39 is 0 Å². The fourth-order valence-corrected chi connectivity index (χ4v) is 1.41. The molecule has 0 spiro atoms. The van der Waals surface area contributed by atoms with E-state index in [2.05, 4.69) is 15.4 Å². The molecule has 70 valence electrons. The Morgan fingerprint density at radius 3 is 2.86 bits per heavy atom. The van der Waals surface area contributed by atoms with E-state index in [4.69, 9.17) is 5.73 Å². The highest BCUT2D eigenvalue weighted by Crippen LogP contribution is 2.29. The summed E-state index contributed by atoms with van der Waals surface area (Å²) in [5, 5.41) is 11.7. The van der Waals surface area contributed by atoms with Crippen molar-refractivity contribution in [1.82, 2.24) is 10.2 Å². The van der Waals surface area contributed by atoms with E-state index in [9.17, 15) is 4.91 Å². The topological polar surface area (TPSA) is 81.2 Å². The molecule has 0 aliphatic carbocycles. The van der Waals surface area contributed by atoms with E-state index in [1.807, 2.05) is 13.0 Å². The number of nitrogens with two attached hydrogens (primary N) is 1. The Kier molecular flexibility index (Phi) is 1.85. The first-order chi connectivity index (χ1) is 6.74. The summed E-state index contributed by atoms with van der Waals surface area (Å²) in [7, 11) is 0.